The second kappa shape index (κ2) is 7.10. The van der Waals surface area contributed by atoms with Gasteiger partial charge in [-0.05, 0) is 73.2 Å². The summed E-state index contributed by atoms with van der Waals surface area (Å²) in [4.78, 5) is 18.6. The third-order valence-corrected chi connectivity index (χ3v) is 6.87. The zero-order valence-corrected chi connectivity index (χ0v) is 18.1. The number of benzene rings is 2. The number of hydrogen-bond acceptors (Lipinski definition) is 6. The van der Waals surface area contributed by atoms with E-state index in [0.717, 1.165) is 44.4 Å². The molecule has 1 N–H and O–H groups in total. The minimum Gasteiger partial charge on any atom is -0.340 e. The van der Waals surface area contributed by atoms with Gasteiger partial charge in [0.25, 0.3) is 0 Å². The summed E-state index contributed by atoms with van der Waals surface area (Å²) in [7, 11) is 0. The first-order valence-electron chi connectivity index (χ1n) is 10.5. The van der Waals surface area contributed by atoms with Crippen molar-refractivity contribution in [3.05, 3.63) is 71.5 Å². The summed E-state index contributed by atoms with van der Waals surface area (Å²) in [6.07, 6.45) is 4.82. The Morgan fingerprint density at radius 1 is 1.00 bits per heavy atom. The maximum Gasteiger partial charge on any atom is 0.163 e. The predicted octanol–water partition coefficient (Wildman–Crippen LogP) is 6.48. The molecule has 0 bridgehead atoms. The van der Waals surface area contributed by atoms with Crippen molar-refractivity contribution < 1.29 is 0 Å². The molecule has 1 fully saturated rings. The highest BCUT2D eigenvalue weighted by atomic mass is 32.1. The van der Waals surface area contributed by atoms with E-state index in [1.54, 1.807) is 23.7 Å². The van der Waals surface area contributed by atoms with Crippen LogP contribution >= 0.6 is 11.3 Å². The van der Waals surface area contributed by atoms with Gasteiger partial charge in [0, 0.05) is 29.0 Å². The number of pyridine rings is 1. The number of nitrogens with zero attached hydrogens (tertiary/aromatic N) is 4. The number of hydrogen-bond donors (Lipinski definition) is 1. The average molecular weight is 424 g/mol. The minimum atomic E-state index is 0.645. The lowest BCUT2D eigenvalue weighted by atomic mass is 10.1. The van der Waals surface area contributed by atoms with Gasteiger partial charge >= 0.3 is 0 Å². The quantitative estimate of drug-likeness (QED) is 0.358. The lowest BCUT2D eigenvalue weighted by molar-refractivity contribution is 0.915. The minimum absolute atomic E-state index is 0.645. The molecule has 0 radical (unpaired) electrons. The zero-order valence-electron chi connectivity index (χ0n) is 17.3. The third kappa shape index (κ3) is 3.43. The number of anilines is 2. The Balaban J connectivity index is 1.49. The van der Waals surface area contributed by atoms with Crippen molar-refractivity contribution in [3.63, 3.8) is 0 Å². The molecular formula is C25H21N5S. The smallest absolute Gasteiger partial charge is 0.163 e. The van der Waals surface area contributed by atoms with Gasteiger partial charge in [-0.1, -0.05) is 13.0 Å². The lowest BCUT2D eigenvalue weighted by Gasteiger charge is -2.12. The van der Waals surface area contributed by atoms with Crippen molar-refractivity contribution >= 4 is 44.0 Å². The van der Waals surface area contributed by atoms with Gasteiger partial charge in [-0.15, -0.1) is 11.3 Å². The fraction of sp³-hybridized carbons (Fsp3) is 0.200. The van der Waals surface area contributed by atoms with E-state index in [9.17, 15) is 0 Å². The maximum absolute atomic E-state index is 4.92. The molecule has 1 aliphatic carbocycles. The van der Waals surface area contributed by atoms with E-state index in [2.05, 4.69) is 58.6 Å². The number of aryl methyl sites for hydroxylation is 1. The first-order chi connectivity index (χ1) is 15.1. The summed E-state index contributed by atoms with van der Waals surface area (Å²) in [6.45, 7) is 4.35. The van der Waals surface area contributed by atoms with Crippen LogP contribution in [0.5, 0.6) is 0 Å². The first kappa shape index (κ1) is 18.4. The van der Waals surface area contributed by atoms with Gasteiger partial charge in [0.2, 0.25) is 0 Å². The molecule has 0 spiro atoms. The van der Waals surface area contributed by atoms with E-state index in [0.29, 0.717) is 11.7 Å². The van der Waals surface area contributed by atoms with Crippen LogP contribution in [-0.4, -0.2) is 19.9 Å². The SMILES string of the molecule is Cc1nc2ccc(Nc3nc(-c4cccnc4)nc4ccc(C5C[C@@H]5C)cc34)cc2s1. The lowest BCUT2D eigenvalue weighted by Crippen LogP contribution is -2.00. The van der Waals surface area contributed by atoms with Crippen molar-refractivity contribution in [2.24, 2.45) is 5.92 Å². The van der Waals surface area contributed by atoms with E-state index in [1.807, 2.05) is 19.1 Å². The van der Waals surface area contributed by atoms with Crippen molar-refractivity contribution in [2.75, 3.05) is 5.32 Å². The molecule has 31 heavy (non-hydrogen) atoms. The molecule has 1 saturated carbocycles. The molecule has 5 nitrogen and oxygen atoms in total. The van der Waals surface area contributed by atoms with E-state index in [1.165, 1.54) is 16.7 Å². The zero-order chi connectivity index (χ0) is 20.9. The van der Waals surface area contributed by atoms with Crippen LogP contribution < -0.4 is 5.32 Å². The summed E-state index contributed by atoms with van der Waals surface area (Å²) in [5, 5.41) is 5.68. The Hall–Kier alpha value is -3.38. The molecule has 0 saturated heterocycles. The van der Waals surface area contributed by atoms with Crippen LogP contribution in [-0.2, 0) is 0 Å². The van der Waals surface area contributed by atoms with Gasteiger partial charge in [-0.25, -0.2) is 15.0 Å². The van der Waals surface area contributed by atoms with Gasteiger partial charge in [0.05, 0.1) is 20.7 Å². The number of fused-ring (bicyclic) bond motifs is 2. The van der Waals surface area contributed by atoms with E-state index in [-0.39, 0.29) is 0 Å². The predicted molar refractivity (Wildman–Crippen MR) is 127 cm³/mol. The second-order valence-corrected chi connectivity index (χ2v) is 9.51. The van der Waals surface area contributed by atoms with Crippen LogP contribution in [0.4, 0.5) is 11.5 Å². The normalized spacial score (nSPS) is 17.9. The largest absolute Gasteiger partial charge is 0.340 e. The van der Waals surface area contributed by atoms with Crippen LogP contribution in [0.1, 0.15) is 29.8 Å². The van der Waals surface area contributed by atoms with E-state index in [4.69, 9.17) is 9.97 Å². The van der Waals surface area contributed by atoms with Gasteiger partial charge in [0.1, 0.15) is 5.82 Å². The highest BCUT2D eigenvalue weighted by Crippen LogP contribution is 2.47. The molecule has 3 heterocycles. The third-order valence-electron chi connectivity index (χ3n) is 5.94. The maximum atomic E-state index is 4.92. The summed E-state index contributed by atoms with van der Waals surface area (Å²) in [5.41, 5.74) is 5.23. The standard InChI is InChI=1S/C25H21N5S/c1-14-10-19(14)16-5-7-21-20(11-16)25(30-24(29-21)17-4-3-9-26-13-17)28-18-6-8-22-23(12-18)31-15(2)27-22/h3-9,11-14,19H,10H2,1-2H3,(H,28,29,30)/t14-,19?/m0/s1. The monoisotopic (exact) mass is 423 g/mol. The molecule has 6 heteroatoms. The molecule has 1 unspecified atom stereocenters. The molecular weight excluding hydrogens is 402 g/mol. The summed E-state index contributed by atoms with van der Waals surface area (Å²) >= 11 is 1.70. The topological polar surface area (TPSA) is 63.6 Å². The highest BCUT2D eigenvalue weighted by molar-refractivity contribution is 7.18. The Labute approximate surface area is 184 Å². The van der Waals surface area contributed by atoms with E-state index >= 15 is 0 Å². The number of aromatic nitrogens is 4. The molecule has 6 rings (SSSR count). The number of nitrogens with one attached hydrogen (secondary N) is 1. The van der Waals surface area contributed by atoms with E-state index < -0.39 is 0 Å². The molecule has 152 valence electrons. The fourth-order valence-corrected chi connectivity index (χ4v) is 5.00. The average Bonchev–Trinajstić information content (AvgIpc) is 3.40. The summed E-state index contributed by atoms with van der Waals surface area (Å²) in [6, 6.07) is 16.8. The fourth-order valence-electron chi connectivity index (χ4n) is 4.14. The number of thiazole rings is 1. The summed E-state index contributed by atoms with van der Waals surface area (Å²) in [5.74, 6) is 2.89. The second-order valence-electron chi connectivity index (χ2n) is 8.27. The summed E-state index contributed by atoms with van der Waals surface area (Å²) < 4.78 is 1.17. The van der Waals surface area contributed by atoms with Crippen molar-refractivity contribution in [1.29, 1.82) is 0 Å². The molecule has 0 aliphatic heterocycles. The molecule has 3 aromatic heterocycles. The van der Waals surface area contributed by atoms with Crippen LogP contribution in [0.3, 0.4) is 0 Å². The Kier molecular flexibility index (Phi) is 4.21. The first-order valence-corrected chi connectivity index (χ1v) is 11.3. The van der Waals surface area contributed by atoms with Gasteiger partial charge in [0.15, 0.2) is 5.82 Å². The van der Waals surface area contributed by atoms with Gasteiger partial charge in [-0.3, -0.25) is 4.98 Å². The van der Waals surface area contributed by atoms with Gasteiger partial charge in [-0.2, -0.15) is 0 Å². The van der Waals surface area contributed by atoms with Crippen molar-refractivity contribution in [3.8, 4) is 11.4 Å². The molecule has 0 amide bonds. The van der Waals surface area contributed by atoms with Crippen molar-refractivity contribution in [2.45, 2.75) is 26.2 Å². The van der Waals surface area contributed by atoms with Crippen LogP contribution in [0, 0.1) is 12.8 Å². The molecule has 1 aliphatic rings. The van der Waals surface area contributed by atoms with Crippen molar-refractivity contribution in [1.82, 2.24) is 19.9 Å². The number of rotatable bonds is 4. The van der Waals surface area contributed by atoms with Crippen LogP contribution in [0.25, 0.3) is 32.5 Å². The molecule has 2 atom stereocenters. The Bertz CT molecular complexity index is 1430. The highest BCUT2D eigenvalue weighted by Gasteiger charge is 2.34. The Morgan fingerprint density at radius 3 is 2.68 bits per heavy atom. The van der Waals surface area contributed by atoms with Gasteiger partial charge < -0.3 is 5.32 Å². The van der Waals surface area contributed by atoms with Crippen LogP contribution in [0.2, 0.25) is 0 Å². The molecule has 2 aromatic carbocycles. The van der Waals surface area contributed by atoms with Crippen LogP contribution in [0.15, 0.2) is 60.9 Å². The molecule has 5 aromatic rings. The Morgan fingerprint density at radius 2 is 1.87 bits per heavy atom.